The Morgan fingerprint density at radius 2 is 2.13 bits per heavy atom. The van der Waals surface area contributed by atoms with Crippen molar-refractivity contribution < 1.29 is 9.53 Å². The molecule has 1 aliphatic rings. The zero-order valence-electron chi connectivity index (χ0n) is 17.5. The Balaban J connectivity index is 1.23. The predicted octanol–water partition coefficient (Wildman–Crippen LogP) is 4.54. The fraction of sp³-hybridized carbons (Fsp3) is 0.375. The van der Waals surface area contributed by atoms with Gasteiger partial charge in [0.05, 0.1) is 29.3 Å². The Bertz CT molecular complexity index is 970. The van der Waals surface area contributed by atoms with E-state index in [0.29, 0.717) is 6.42 Å². The van der Waals surface area contributed by atoms with Crippen molar-refractivity contribution in [3.63, 3.8) is 0 Å². The van der Waals surface area contributed by atoms with Crippen molar-refractivity contribution in [1.29, 1.82) is 0 Å². The van der Waals surface area contributed by atoms with E-state index in [1.54, 1.807) is 17.5 Å². The number of nitrogens with zero attached hydrogens (tertiary/aromatic N) is 2. The Hall–Kier alpha value is -2.77. The average molecular weight is 437 g/mol. The van der Waals surface area contributed by atoms with E-state index in [1.165, 1.54) is 25.6 Å². The molecular formula is C24H28N4O2S. The van der Waals surface area contributed by atoms with Crippen molar-refractivity contribution in [1.82, 2.24) is 15.3 Å². The van der Waals surface area contributed by atoms with Gasteiger partial charge in [-0.2, -0.15) is 0 Å². The molecule has 3 heterocycles. The quantitative estimate of drug-likeness (QED) is 0.482. The Morgan fingerprint density at radius 3 is 2.97 bits per heavy atom. The number of rotatable bonds is 9. The highest BCUT2D eigenvalue weighted by Crippen LogP contribution is 2.28. The number of carbonyl (C=O) groups excluding carboxylic acids is 1. The van der Waals surface area contributed by atoms with E-state index < -0.39 is 0 Å². The van der Waals surface area contributed by atoms with Gasteiger partial charge in [0, 0.05) is 11.6 Å². The van der Waals surface area contributed by atoms with E-state index in [2.05, 4.69) is 20.6 Å². The molecule has 3 aromatic rings. The van der Waals surface area contributed by atoms with Gasteiger partial charge in [0.15, 0.2) is 0 Å². The average Bonchev–Trinajstić information content (AvgIpc) is 3.27. The van der Waals surface area contributed by atoms with Gasteiger partial charge in [0.25, 0.3) is 0 Å². The molecule has 4 rings (SSSR count). The highest BCUT2D eigenvalue weighted by molar-refractivity contribution is 7.14. The second-order valence-electron chi connectivity index (χ2n) is 7.85. The summed E-state index contributed by atoms with van der Waals surface area (Å²) in [7, 11) is 0. The normalized spacial score (nSPS) is 14.3. The smallest absolute Gasteiger partial charge is 0.228 e. The molecule has 1 fully saturated rings. The number of thiophene rings is 1. The van der Waals surface area contributed by atoms with Crippen LogP contribution in [0.15, 0.2) is 54.3 Å². The summed E-state index contributed by atoms with van der Waals surface area (Å²) >= 11 is 1.55. The minimum absolute atomic E-state index is 0.0462. The van der Waals surface area contributed by atoms with Gasteiger partial charge in [-0.05, 0) is 74.5 Å². The van der Waals surface area contributed by atoms with Crippen LogP contribution in [0, 0.1) is 5.92 Å². The van der Waals surface area contributed by atoms with Gasteiger partial charge in [-0.3, -0.25) is 4.79 Å². The number of ether oxygens (including phenoxy) is 1. The third-order valence-corrected chi connectivity index (χ3v) is 6.42. The number of piperidine rings is 1. The topological polar surface area (TPSA) is 76.1 Å². The molecule has 162 valence electrons. The number of amides is 1. The van der Waals surface area contributed by atoms with Gasteiger partial charge in [-0.25, -0.2) is 9.97 Å². The summed E-state index contributed by atoms with van der Waals surface area (Å²) in [5.41, 5.74) is 2.58. The van der Waals surface area contributed by atoms with E-state index in [-0.39, 0.29) is 5.91 Å². The van der Waals surface area contributed by atoms with Gasteiger partial charge in [0.2, 0.25) is 5.91 Å². The van der Waals surface area contributed by atoms with Crippen molar-refractivity contribution in [2.75, 3.05) is 25.0 Å². The minimum Gasteiger partial charge on any atom is -0.494 e. The molecule has 0 saturated carbocycles. The van der Waals surface area contributed by atoms with E-state index in [9.17, 15) is 4.79 Å². The van der Waals surface area contributed by atoms with E-state index in [1.807, 2.05) is 41.8 Å². The molecular weight excluding hydrogens is 408 g/mol. The Labute approximate surface area is 187 Å². The van der Waals surface area contributed by atoms with Gasteiger partial charge in [0.1, 0.15) is 12.1 Å². The third-order valence-electron chi connectivity index (χ3n) is 5.46. The largest absolute Gasteiger partial charge is 0.494 e. The summed E-state index contributed by atoms with van der Waals surface area (Å²) in [5, 5.41) is 8.31. The molecule has 0 atom stereocenters. The lowest BCUT2D eigenvalue weighted by Crippen LogP contribution is -2.27. The summed E-state index contributed by atoms with van der Waals surface area (Å²) < 4.78 is 5.93. The maximum Gasteiger partial charge on any atom is 0.228 e. The highest BCUT2D eigenvalue weighted by Gasteiger charge is 2.12. The second kappa shape index (κ2) is 11.0. The maximum atomic E-state index is 12.5. The zero-order chi connectivity index (χ0) is 21.3. The summed E-state index contributed by atoms with van der Waals surface area (Å²) in [6.07, 6.45) is 8.39. The Kier molecular flexibility index (Phi) is 7.63. The molecule has 0 radical (unpaired) electrons. The summed E-state index contributed by atoms with van der Waals surface area (Å²) in [5.74, 6) is 1.61. The zero-order valence-corrected chi connectivity index (χ0v) is 18.4. The first-order chi connectivity index (χ1) is 15.3. The molecule has 1 aromatic carbocycles. The molecule has 2 N–H and O–H groups in total. The number of carbonyl (C=O) groups is 1. The van der Waals surface area contributed by atoms with Crippen molar-refractivity contribution in [3.05, 3.63) is 59.9 Å². The SMILES string of the molecule is O=C(Cc1cccc(OCCCC2CCNCC2)c1)Nc1csc(-c2ccncn2)c1. The number of aromatic nitrogens is 2. The van der Waals surface area contributed by atoms with Crippen molar-refractivity contribution in [2.24, 2.45) is 5.92 Å². The molecule has 2 aromatic heterocycles. The van der Waals surface area contributed by atoms with Gasteiger partial charge >= 0.3 is 0 Å². The molecule has 0 spiro atoms. The highest BCUT2D eigenvalue weighted by atomic mass is 32.1. The number of hydrogen-bond donors (Lipinski definition) is 2. The number of anilines is 1. The maximum absolute atomic E-state index is 12.5. The first kappa shape index (κ1) is 21.5. The monoisotopic (exact) mass is 436 g/mol. The number of hydrogen-bond acceptors (Lipinski definition) is 6. The van der Waals surface area contributed by atoms with Gasteiger partial charge in [-0.15, -0.1) is 11.3 Å². The van der Waals surface area contributed by atoms with Crippen LogP contribution < -0.4 is 15.4 Å². The van der Waals surface area contributed by atoms with Crippen LogP contribution in [0.4, 0.5) is 5.69 Å². The van der Waals surface area contributed by atoms with Crippen LogP contribution in [0.2, 0.25) is 0 Å². The van der Waals surface area contributed by atoms with E-state index in [0.717, 1.165) is 59.6 Å². The van der Waals surface area contributed by atoms with E-state index >= 15 is 0 Å². The molecule has 0 unspecified atom stereocenters. The molecule has 0 bridgehead atoms. The summed E-state index contributed by atoms with van der Waals surface area (Å²) in [4.78, 5) is 21.7. The molecule has 1 saturated heterocycles. The standard InChI is InChI=1S/C24H28N4O2S/c29-24(28-20-15-23(31-16-20)22-8-11-26-17-27-22)14-19-3-1-5-21(13-19)30-12-2-4-18-6-9-25-10-7-18/h1,3,5,8,11,13,15-18,25H,2,4,6-7,9-10,12,14H2,(H,28,29). The first-order valence-corrected chi connectivity index (χ1v) is 11.7. The van der Waals surface area contributed by atoms with E-state index in [4.69, 9.17) is 4.74 Å². The summed E-state index contributed by atoms with van der Waals surface area (Å²) in [6, 6.07) is 11.6. The van der Waals surface area contributed by atoms with Gasteiger partial charge in [-0.1, -0.05) is 12.1 Å². The molecule has 1 amide bonds. The number of benzene rings is 1. The van der Waals surface area contributed by atoms with Crippen LogP contribution in [0.1, 0.15) is 31.2 Å². The fourth-order valence-corrected chi connectivity index (χ4v) is 4.66. The lowest BCUT2D eigenvalue weighted by Gasteiger charge is -2.22. The van der Waals surface area contributed by atoms with Crippen molar-refractivity contribution in [3.8, 4) is 16.3 Å². The molecule has 0 aliphatic carbocycles. The van der Waals surface area contributed by atoms with Crippen LogP contribution in [0.5, 0.6) is 5.75 Å². The van der Waals surface area contributed by atoms with Crippen LogP contribution in [-0.2, 0) is 11.2 Å². The third kappa shape index (κ3) is 6.60. The predicted molar refractivity (Wildman–Crippen MR) is 124 cm³/mol. The minimum atomic E-state index is -0.0462. The first-order valence-electron chi connectivity index (χ1n) is 10.8. The van der Waals surface area contributed by atoms with Gasteiger partial charge < -0.3 is 15.4 Å². The molecule has 7 heteroatoms. The van der Waals surface area contributed by atoms with Crippen LogP contribution in [0.3, 0.4) is 0 Å². The fourth-order valence-electron chi connectivity index (χ4n) is 3.84. The van der Waals surface area contributed by atoms with Crippen molar-refractivity contribution in [2.45, 2.75) is 32.1 Å². The molecule has 6 nitrogen and oxygen atoms in total. The Morgan fingerprint density at radius 1 is 1.23 bits per heavy atom. The van der Waals surface area contributed by atoms with Crippen LogP contribution in [0.25, 0.3) is 10.6 Å². The summed E-state index contributed by atoms with van der Waals surface area (Å²) in [6.45, 7) is 3.01. The lowest BCUT2D eigenvalue weighted by molar-refractivity contribution is -0.115. The van der Waals surface area contributed by atoms with Crippen LogP contribution in [-0.4, -0.2) is 35.6 Å². The van der Waals surface area contributed by atoms with Crippen LogP contribution >= 0.6 is 11.3 Å². The number of nitrogens with one attached hydrogen (secondary N) is 2. The lowest BCUT2D eigenvalue weighted by atomic mass is 9.93. The molecule has 1 aliphatic heterocycles. The second-order valence-corrected chi connectivity index (χ2v) is 8.76. The van der Waals surface area contributed by atoms with Crippen molar-refractivity contribution >= 4 is 22.9 Å². The molecule has 31 heavy (non-hydrogen) atoms.